The van der Waals surface area contributed by atoms with Crippen molar-refractivity contribution in [1.29, 1.82) is 10.8 Å². The number of carbonyl (C=O) groups is 12. The summed E-state index contributed by atoms with van der Waals surface area (Å²) in [6.45, 7) is 9.05. The minimum absolute atomic E-state index is 0.00795. The fraction of sp³-hybridized carbons (Fsp3) is 0.415. The van der Waals surface area contributed by atoms with E-state index in [0.29, 0.717) is 77.7 Å². The van der Waals surface area contributed by atoms with Crippen molar-refractivity contribution in [1.82, 2.24) is 69.8 Å². The first-order chi connectivity index (χ1) is 66.8. The molecule has 33 nitrogen and oxygen atoms in total. The zero-order valence-corrected chi connectivity index (χ0v) is 81.7. The van der Waals surface area contributed by atoms with Crippen LogP contribution in [0.3, 0.4) is 0 Å². The molecule has 0 radical (unpaired) electrons. The maximum atomic E-state index is 16.2. The molecule has 139 heavy (non-hydrogen) atoms. The number of amides is 12. The molecule has 0 fully saturated rings. The molecule has 0 saturated carbocycles. The van der Waals surface area contributed by atoms with Crippen LogP contribution >= 0.6 is 0 Å². The number of nitrogens with two attached hydrogens (primary N) is 5. The van der Waals surface area contributed by atoms with Gasteiger partial charge in [0.1, 0.15) is 45.8 Å². The van der Waals surface area contributed by atoms with Crippen LogP contribution in [0.25, 0.3) is 0 Å². The monoisotopic (exact) mass is 1900 g/mol. The number of nitrogens with one attached hydrogen (secondary N) is 5. The third-order valence-electron chi connectivity index (χ3n) is 25.4. The highest BCUT2D eigenvalue weighted by molar-refractivity contribution is 5.96. The zero-order chi connectivity index (χ0) is 101. The fourth-order valence-electron chi connectivity index (χ4n) is 16.7. The lowest BCUT2D eigenvalue weighted by Gasteiger charge is -2.38. The zero-order valence-electron chi connectivity index (χ0n) is 81.7. The Bertz CT molecular complexity index is 5220. The van der Waals surface area contributed by atoms with Crippen LogP contribution in [-0.4, -0.2) is 268 Å². The van der Waals surface area contributed by atoms with Gasteiger partial charge in [-0.2, -0.15) is 0 Å². The first-order valence-corrected chi connectivity index (χ1v) is 48.0. The van der Waals surface area contributed by atoms with Gasteiger partial charge < -0.3 is 98.5 Å². The van der Waals surface area contributed by atoms with Gasteiger partial charge in [-0.25, -0.2) is 0 Å². The SMILES string of the molecule is C[C@@H](c1ccccc1)N(CC(N)=O)C(=O)CN(C(=O)CN(CCCCNC(=N)N)C(=O)CN(C(=O)CN(C(=O)CN(CCCCNC(=N)N)C(=O)CN(C(=O)CN(C(=O)CN(CCCCN)C(=O)CN(C(=O)CN(C(=O)CNCCCCN)[C@@H](C)c1ccccc1)[C@@H](C)c1ccccc1)[C@@H](C)c1ccccc1)[C@@H](C)c1ccccc1)[C@@H](C)c1ccccc1)[C@@H](C)c1ccccc1)[C@@H](C)c1ccccc1. The molecule has 8 rings (SSSR count). The molecule has 8 atom stereocenters. The Labute approximate surface area is 818 Å². The van der Waals surface area contributed by atoms with Crippen molar-refractivity contribution in [2.24, 2.45) is 28.7 Å². The summed E-state index contributed by atoms with van der Waals surface area (Å²) in [5.41, 5.74) is 34.4. The van der Waals surface area contributed by atoms with E-state index < -0.39 is 185 Å². The third kappa shape index (κ3) is 34.8. The van der Waals surface area contributed by atoms with Crippen molar-refractivity contribution in [2.75, 3.05) is 131 Å². The average molecular weight is 1900 g/mol. The van der Waals surface area contributed by atoms with Crippen LogP contribution < -0.4 is 44.6 Å². The molecular weight excluding hydrogens is 1760 g/mol. The third-order valence-corrected chi connectivity index (χ3v) is 25.4. The molecule has 33 heteroatoms. The number of guanidine groups is 2. The summed E-state index contributed by atoms with van der Waals surface area (Å²) in [6, 6.07) is 66.0. The van der Waals surface area contributed by atoms with Crippen LogP contribution in [0.2, 0.25) is 0 Å². The van der Waals surface area contributed by atoms with Crippen molar-refractivity contribution in [3.63, 3.8) is 0 Å². The van der Waals surface area contributed by atoms with E-state index in [1.54, 1.807) is 206 Å². The van der Waals surface area contributed by atoms with Gasteiger partial charge in [-0.15, -0.1) is 0 Å². The fourth-order valence-corrected chi connectivity index (χ4v) is 16.7. The van der Waals surface area contributed by atoms with E-state index in [4.69, 9.17) is 39.5 Å². The summed E-state index contributed by atoms with van der Waals surface area (Å²) >= 11 is 0. The van der Waals surface area contributed by atoms with Gasteiger partial charge in [0.2, 0.25) is 70.9 Å². The summed E-state index contributed by atoms with van der Waals surface area (Å²) < 4.78 is 0. The molecule has 0 spiro atoms. The number of hydrogen-bond acceptors (Lipinski definition) is 17. The summed E-state index contributed by atoms with van der Waals surface area (Å²) in [6.07, 6.45) is 3.46. The maximum Gasteiger partial charge on any atom is 0.243 e. The Balaban J connectivity index is 1.14. The summed E-state index contributed by atoms with van der Waals surface area (Å²) in [5, 5.41) is 24.6. The lowest BCUT2D eigenvalue weighted by Crippen LogP contribution is -2.54. The maximum absolute atomic E-state index is 16.2. The largest absolute Gasteiger partial charge is 0.370 e. The van der Waals surface area contributed by atoms with Crippen LogP contribution in [0.4, 0.5) is 0 Å². The predicted molar refractivity (Wildman–Crippen MR) is 539 cm³/mol. The number of carbonyl (C=O) groups excluding carboxylic acids is 12. The van der Waals surface area contributed by atoms with Gasteiger partial charge in [0, 0.05) is 32.7 Å². The molecular formula is C106H143N21O12. The van der Waals surface area contributed by atoms with Crippen LogP contribution in [0.5, 0.6) is 0 Å². The Hall–Kier alpha value is -14.2. The van der Waals surface area contributed by atoms with Crippen molar-refractivity contribution in [3.8, 4) is 0 Å². The molecule has 0 aromatic heterocycles. The van der Waals surface area contributed by atoms with Crippen molar-refractivity contribution >= 4 is 82.8 Å². The topological polar surface area (TPSA) is 454 Å². The van der Waals surface area contributed by atoms with Crippen molar-refractivity contribution in [3.05, 3.63) is 287 Å². The average Bonchev–Trinajstić information content (AvgIpc) is 0.719. The van der Waals surface area contributed by atoms with Gasteiger partial charge in [0.15, 0.2) is 11.9 Å². The van der Waals surface area contributed by atoms with E-state index in [-0.39, 0.29) is 76.5 Å². The highest BCUT2D eigenvalue weighted by atomic mass is 16.2. The highest BCUT2D eigenvalue weighted by Crippen LogP contribution is 2.32. The van der Waals surface area contributed by atoms with Crippen LogP contribution in [0, 0.1) is 10.8 Å². The Kier molecular flexibility index (Phi) is 45.8. The molecule has 8 aromatic rings. The Morgan fingerprint density at radius 2 is 0.417 bits per heavy atom. The van der Waals surface area contributed by atoms with E-state index in [1.807, 2.05) is 91.9 Å². The van der Waals surface area contributed by atoms with Gasteiger partial charge in [0.05, 0.1) is 81.1 Å². The van der Waals surface area contributed by atoms with Gasteiger partial charge >= 0.3 is 0 Å². The number of benzene rings is 8. The van der Waals surface area contributed by atoms with Crippen LogP contribution in [-0.2, 0) is 57.5 Å². The molecule has 0 bridgehead atoms. The summed E-state index contributed by atoms with van der Waals surface area (Å²) in [7, 11) is 0. The second-order valence-electron chi connectivity index (χ2n) is 35.0. The van der Waals surface area contributed by atoms with Gasteiger partial charge in [0.25, 0.3) is 0 Å². The summed E-state index contributed by atoms with van der Waals surface area (Å²) in [5.74, 6) is -8.30. The molecule has 0 saturated heterocycles. The second kappa shape index (κ2) is 57.8. The highest BCUT2D eigenvalue weighted by Gasteiger charge is 2.40. The second-order valence-corrected chi connectivity index (χ2v) is 35.0. The van der Waals surface area contributed by atoms with E-state index >= 15 is 43.2 Å². The number of hydrogen-bond donors (Lipinski definition) is 10. The minimum Gasteiger partial charge on any atom is -0.370 e. The predicted octanol–water partition coefficient (Wildman–Crippen LogP) is 9.27. The standard InChI is InChI=1S/C106H143N21O12/c1-77(85-41-17-9-18-42-85)120(66-93(109)128)101(136)74-125(82(6)90-51-27-14-28-52-90)99(134)68-118(63-39-36-60-115-105(110)111)96(131)71-124(81(5)89-49-25-13-26-50-89)104(139)76-127(84(8)92-55-31-16-32-56-92)100(135)69-119(64-40-37-61-116-106(112)113)97(132)72-123(80(4)88-47-23-12-24-48-88)103(138)75-126(83(7)91-53-29-15-30-54-91)98(133)67-117(62-38-34-58-108)95(130)70-122(79(3)87-45-21-11-22-46-87)102(137)73-121(78(2)86-43-19-10-20-44-86)94(129)65-114-59-35-33-57-107/h9-32,41-56,77-84,114H,33-40,57-76,107-108H2,1-8H3,(H2,109,128)(H4,110,111,115)(H4,112,113,116)/t77-,78-,79-,80-,81-,82-,83-,84-/m0/s1. The molecule has 0 aliphatic heterocycles. The number of rotatable bonds is 58. The molecule has 744 valence electrons. The lowest BCUT2D eigenvalue weighted by atomic mass is 10.0. The first kappa shape index (κ1) is 110. The van der Waals surface area contributed by atoms with Crippen LogP contribution in [0.1, 0.15) is 200 Å². The molecule has 0 unspecified atom stereocenters. The number of unbranched alkanes of at least 4 members (excludes halogenated alkanes) is 4. The van der Waals surface area contributed by atoms with Crippen LogP contribution in [0.15, 0.2) is 243 Å². The molecule has 0 heterocycles. The first-order valence-electron chi connectivity index (χ1n) is 48.0. The molecule has 0 aliphatic carbocycles. The number of nitrogens with zero attached hydrogens (tertiary/aromatic N) is 11. The smallest absolute Gasteiger partial charge is 0.243 e. The van der Waals surface area contributed by atoms with E-state index in [0.717, 1.165) is 18.4 Å². The molecule has 0 aliphatic rings. The van der Waals surface area contributed by atoms with Gasteiger partial charge in [-0.3, -0.25) is 68.4 Å². The van der Waals surface area contributed by atoms with E-state index in [2.05, 4.69) is 16.0 Å². The number of primary amides is 1. The van der Waals surface area contributed by atoms with Gasteiger partial charge in [-0.1, -0.05) is 243 Å². The van der Waals surface area contributed by atoms with Crippen molar-refractivity contribution in [2.45, 2.75) is 155 Å². The lowest BCUT2D eigenvalue weighted by molar-refractivity contribution is -0.152. The van der Waals surface area contributed by atoms with Crippen molar-refractivity contribution < 1.29 is 57.5 Å². The summed E-state index contributed by atoms with van der Waals surface area (Å²) in [4.78, 5) is 200. The van der Waals surface area contributed by atoms with E-state index in [1.165, 1.54) is 53.9 Å². The minimum atomic E-state index is -0.907. The normalized spacial score (nSPS) is 12.8. The quantitative estimate of drug-likeness (QED) is 0.00963. The molecule has 15 N–H and O–H groups in total. The molecule has 8 aromatic carbocycles. The Morgan fingerprint density at radius 1 is 0.237 bits per heavy atom. The van der Waals surface area contributed by atoms with Gasteiger partial charge in [-0.05, 0) is 171 Å². The van der Waals surface area contributed by atoms with E-state index in [9.17, 15) is 14.4 Å². The Morgan fingerprint density at radius 3 is 0.626 bits per heavy atom. The molecule has 12 amide bonds.